The maximum atomic E-state index is 12.9. The van der Waals surface area contributed by atoms with E-state index in [1.165, 1.54) is 40.5 Å². The number of nitrogens with one attached hydrogen (secondary N) is 1. The van der Waals surface area contributed by atoms with Crippen LogP contribution in [0.3, 0.4) is 0 Å². The number of hydrogen-bond donors (Lipinski definition) is 1. The van der Waals surface area contributed by atoms with Crippen molar-refractivity contribution in [3.05, 3.63) is 60.2 Å². The van der Waals surface area contributed by atoms with E-state index in [1.54, 1.807) is 0 Å². The molecule has 32 heavy (non-hydrogen) atoms. The zero-order valence-corrected chi connectivity index (χ0v) is 18.5. The van der Waals surface area contributed by atoms with Crippen LogP contribution in [0.25, 0.3) is 0 Å². The molecule has 6 nitrogen and oxygen atoms in total. The molecule has 1 aliphatic heterocycles. The number of anilines is 1. The Morgan fingerprint density at radius 1 is 1.12 bits per heavy atom. The highest BCUT2D eigenvalue weighted by Gasteiger charge is 2.41. The molecule has 2 aromatic carbocycles. The summed E-state index contributed by atoms with van der Waals surface area (Å²) >= 11 is 0. The van der Waals surface area contributed by atoms with Crippen molar-refractivity contribution in [1.29, 1.82) is 0 Å². The Hall–Kier alpha value is -2.43. The van der Waals surface area contributed by atoms with Gasteiger partial charge in [-0.2, -0.15) is 17.5 Å². The molecule has 174 valence electrons. The predicted molar refractivity (Wildman–Crippen MR) is 115 cm³/mol. The van der Waals surface area contributed by atoms with Gasteiger partial charge in [0.1, 0.15) is 0 Å². The number of alkyl halides is 3. The number of sulfonamides is 1. The Bertz CT molecular complexity index is 1010. The third kappa shape index (κ3) is 6.30. The summed E-state index contributed by atoms with van der Waals surface area (Å²) in [5, 5.41) is 2.62. The molecule has 1 amide bonds. The molecule has 10 heteroatoms. The molecule has 0 bridgehead atoms. The van der Waals surface area contributed by atoms with Crippen LogP contribution < -0.4 is 5.32 Å². The molecule has 1 heterocycles. The summed E-state index contributed by atoms with van der Waals surface area (Å²) in [4.78, 5) is 13.8. The van der Waals surface area contributed by atoms with Crippen LogP contribution in [0.2, 0.25) is 0 Å². The molecule has 0 radical (unpaired) electrons. The van der Waals surface area contributed by atoms with Crippen molar-refractivity contribution in [2.75, 3.05) is 32.0 Å². The second-order valence-electron chi connectivity index (χ2n) is 7.94. The van der Waals surface area contributed by atoms with Gasteiger partial charge in [-0.3, -0.25) is 9.69 Å². The Labute approximate surface area is 186 Å². The average Bonchev–Trinajstić information content (AvgIpc) is 2.74. The summed E-state index contributed by atoms with van der Waals surface area (Å²) in [6, 6.07) is 14.9. The molecule has 0 spiro atoms. The van der Waals surface area contributed by atoms with Gasteiger partial charge in [-0.05, 0) is 49.2 Å². The summed E-state index contributed by atoms with van der Waals surface area (Å²) in [5.74, 6) is -1.86. The van der Waals surface area contributed by atoms with Crippen LogP contribution >= 0.6 is 0 Å². The van der Waals surface area contributed by atoms with Crippen molar-refractivity contribution < 1.29 is 26.4 Å². The van der Waals surface area contributed by atoms with E-state index in [0.717, 1.165) is 5.56 Å². The number of carbonyl (C=O) groups excluding carboxylic acids is 1. The molecular formula is C22H26F3N3O3S. The molecule has 1 N–H and O–H groups in total. The van der Waals surface area contributed by atoms with Gasteiger partial charge in [0.15, 0.2) is 0 Å². The molecule has 0 aliphatic carbocycles. The number of carbonyl (C=O) groups is 1. The molecule has 2 aromatic rings. The van der Waals surface area contributed by atoms with Gasteiger partial charge in [0.25, 0.3) is 0 Å². The monoisotopic (exact) mass is 469 g/mol. The number of halogens is 3. The van der Waals surface area contributed by atoms with Gasteiger partial charge in [-0.1, -0.05) is 30.3 Å². The van der Waals surface area contributed by atoms with Crippen LogP contribution in [0.5, 0.6) is 0 Å². The lowest BCUT2D eigenvalue weighted by Crippen LogP contribution is -2.44. The summed E-state index contributed by atoms with van der Waals surface area (Å²) < 4.78 is 65.6. The van der Waals surface area contributed by atoms with Crippen LogP contribution in [-0.4, -0.2) is 56.4 Å². The Balaban J connectivity index is 1.57. The second-order valence-corrected chi connectivity index (χ2v) is 9.98. The lowest BCUT2D eigenvalue weighted by Gasteiger charge is -2.33. The van der Waals surface area contributed by atoms with E-state index in [9.17, 15) is 26.4 Å². The summed E-state index contributed by atoms with van der Waals surface area (Å²) in [7, 11) is -2.23. The first-order valence-corrected chi connectivity index (χ1v) is 11.7. The van der Waals surface area contributed by atoms with Gasteiger partial charge in [-0.15, -0.1) is 0 Å². The van der Waals surface area contributed by atoms with Gasteiger partial charge in [0.2, 0.25) is 15.9 Å². The molecule has 0 saturated carbocycles. The minimum atomic E-state index is -4.26. The maximum Gasteiger partial charge on any atom is 0.393 e. The van der Waals surface area contributed by atoms with Crippen molar-refractivity contribution in [3.8, 4) is 0 Å². The first-order valence-electron chi connectivity index (χ1n) is 10.2. The van der Waals surface area contributed by atoms with E-state index >= 15 is 0 Å². The van der Waals surface area contributed by atoms with Crippen LogP contribution in [0.1, 0.15) is 18.4 Å². The summed E-state index contributed by atoms with van der Waals surface area (Å²) in [6.07, 6.45) is -3.79. The molecule has 1 unspecified atom stereocenters. The zero-order valence-electron chi connectivity index (χ0n) is 17.7. The lowest BCUT2D eigenvalue weighted by molar-refractivity contribution is -0.186. The molecule has 3 rings (SSSR count). The predicted octanol–water partition coefficient (Wildman–Crippen LogP) is 3.72. The zero-order chi connectivity index (χ0) is 23.4. The normalized spacial score (nSPS) is 18.0. The number of nitrogens with zero attached hydrogens (tertiary/aromatic N) is 2. The fraction of sp³-hybridized carbons (Fsp3) is 0.409. The van der Waals surface area contributed by atoms with E-state index in [1.807, 2.05) is 30.3 Å². The largest absolute Gasteiger partial charge is 0.393 e. The lowest BCUT2D eigenvalue weighted by atomic mass is 9.97. The third-order valence-corrected chi connectivity index (χ3v) is 7.25. The van der Waals surface area contributed by atoms with E-state index in [2.05, 4.69) is 5.32 Å². The van der Waals surface area contributed by atoms with E-state index in [4.69, 9.17) is 0 Å². The molecule has 1 saturated heterocycles. The number of rotatable bonds is 7. The number of benzene rings is 2. The summed E-state index contributed by atoms with van der Waals surface area (Å²) in [5.41, 5.74) is 1.23. The van der Waals surface area contributed by atoms with E-state index in [0.29, 0.717) is 18.7 Å². The molecule has 1 fully saturated rings. The van der Waals surface area contributed by atoms with Crippen molar-refractivity contribution in [2.24, 2.45) is 5.92 Å². The van der Waals surface area contributed by atoms with E-state index < -0.39 is 28.0 Å². The highest BCUT2D eigenvalue weighted by atomic mass is 32.2. The number of hydrogen-bond acceptors (Lipinski definition) is 4. The first-order chi connectivity index (χ1) is 15.1. The third-order valence-electron chi connectivity index (χ3n) is 5.43. The number of amides is 1. The van der Waals surface area contributed by atoms with Gasteiger partial charge >= 0.3 is 6.18 Å². The summed E-state index contributed by atoms with van der Waals surface area (Å²) in [6.45, 7) is 0.315. The SMILES string of the molecule is CN(Cc1ccccc1)S(=O)(=O)c1ccc(NC(=O)CN2CCCC(C(F)(F)F)C2)cc1. The minimum Gasteiger partial charge on any atom is -0.325 e. The van der Waals surface area contributed by atoms with Crippen molar-refractivity contribution in [1.82, 2.24) is 9.21 Å². The van der Waals surface area contributed by atoms with Crippen molar-refractivity contribution >= 4 is 21.6 Å². The maximum absolute atomic E-state index is 12.9. The van der Waals surface area contributed by atoms with E-state index in [-0.39, 0.29) is 31.0 Å². The highest BCUT2D eigenvalue weighted by molar-refractivity contribution is 7.89. The molecular weight excluding hydrogens is 443 g/mol. The minimum absolute atomic E-state index is 0.0796. The van der Waals surface area contributed by atoms with Gasteiger partial charge < -0.3 is 5.32 Å². The molecule has 1 aliphatic rings. The fourth-order valence-corrected chi connectivity index (χ4v) is 4.84. The average molecular weight is 470 g/mol. The first kappa shape index (κ1) is 24.2. The Kier molecular flexibility index (Phi) is 7.58. The standard InChI is InChI=1S/C22H26F3N3O3S/c1-27(14-17-6-3-2-4-7-17)32(30,31)20-11-9-19(10-12-20)26-21(29)16-28-13-5-8-18(15-28)22(23,24)25/h2-4,6-7,9-12,18H,5,8,13-16H2,1H3,(H,26,29). The van der Waals surface area contributed by atoms with Gasteiger partial charge in [-0.25, -0.2) is 8.42 Å². The molecule has 1 atom stereocenters. The van der Waals surface area contributed by atoms with Crippen LogP contribution in [0.4, 0.5) is 18.9 Å². The Morgan fingerprint density at radius 3 is 2.41 bits per heavy atom. The Morgan fingerprint density at radius 2 is 1.78 bits per heavy atom. The fourth-order valence-electron chi connectivity index (χ4n) is 3.69. The number of piperidine rings is 1. The van der Waals surface area contributed by atoms with Crippen molar-refractivity contribution in [3.63, 3.8) is 0 Å². The molecule has 0 aromatic heterocycles. The number of likely N-dealkylation sites (tertiary alicyclic amines) is 1. The van der Waals surface area contributed by atoms with Crippen LogP contribution in [0.15, 0.2) is 59.5 Å². The van der Waals surface area contributed by atoms with Crippen LogP contribution in [-0.2, 0) is 21.4 Å². The topological polar surface area (TPSA) is 69.7 Å². The quantitative estimate of drug-likeness (QED) is 0.671. The van der Waals surface area contributed by atoms with Crippen LogP contribution in [0, 0.1) is 5.92 Å². The highest BCUT2D eigenvalue weighted by Crippen LogP contribution is 2.33. The van der Waals surface area contributed by atoms with Crippen molar-refractivity contribution in [2.45, 2.75) is 30.5 Å². The smallest absolute Gasteiger partial charge is 0.325 e. The second kappa shape index (κ2) is 10.0. The van der Waals surface area contributed by atoms with Gasteiger partial charge in [0.05, 0.1) is 17.4 Å². The van der Waals surface area contributed by atoms with Gasteiger partial charge in [0, 0.05) is 25.8 Å².